The highest BCUT2D eigenvalue weighted by molar-refractivity contribution is 7.89. The predicted molar refractivity (Wildman–Crippen MR) is 77.2 cm³/mol. The van der Waals surface area contributed by atoms with Gasteiger partial charge >= 0.3 is 0 Å². The van der Waals surface area contributed by atoms with Gasteiger partial charge < -0.3 is 5.11 Å². The Labute approximate surface area is 120 Å². The minimum absolute atomic E-state index is 0.0131. The molecule has 0 aromatic heterocycles. The van der Waals surface area contributed by atoms with Gasteiger partial charge in [0.05, 0.1) is 11.5 Å². The second-order valence-corrected chi connectivity index (χ2v) is 6.36. The highest BCUT2D eigenvalue weighted by atomic mass is 32.2. The van der Waals surface area contributed by atoms with Gasteiger partial charge in [-0.1, -0.05) is 26.0 Å². The number of carbonyl (C=O) groups is 1. The van der Waals surface area contributed by atoms with Gasteiger partial charge in [-0.05, 0) is 18.6 Å². The lowest BCUT2D eigenvalue weighted by atomic mass is 10.1. The van der Waals surface area contributed by atoms with Crippen LogP contribution in [-0.4, -0.2) is 43.3 Å². The van der Waals surface area contributed by atoms with Crippen LogP contribution in [0, 0.1) is 0 Å². The van der Waals surface area contributed by atoms with Crippen LogP contribution < -0.4 is 0 Å². The third-order valence-corrected chi connectivity index (χ3v) is 4.98. The van der Waals surface area contributed by atoms with Crippen LogP contribution in [0.25, 0.3) is 0 Å². The molecule has 0 radical (unpaired) electrons. The van der Waals surface area contributed by atoms with E-state index in [1.165, 1.54) is 28.6 Å². The summed E-state index contributed by atoms with van der Waals surface area (Å²) in [5.41, 5.74) is 0.524. The van der Waals surface area contributed by atoms with Crippen LogP contribution in [0.2, 0.25) is 0 Å². The molecule has 5 nitrogen and oxygen atoms in total. The average Bonchev–Trinajstić information content (AvgIpc) is 2.45. The summed E-state index contributed by atoms with van der Waals surface area (Å²) in [5.74, 6) is 0.0131. The number of Topliss-reactive ketones (excluding diaryl/α,β-unsaturated/α-hetero) is 1. The summed E-state index contributed by atoms with van der Waals surface area (Å²) in [6.07, 6.45) is 1.22. The second-order valence-electron chi connectivity index (χ2n) is 4.42. The van der Waals surface area contributed by atoms with Crippen molar-refractivity contribution in [2.24, 2.45) is 0 Å². The fraction of sp³-hybridized carbons (Fsp3) is 0.500. The van der Waals surface area contributed by atoms with Crippen molar-refractivity contribution >= 4 is 15.8 Å². The van der Waals surface area contributed by atoms with E-state index >= 15 is 0 Å². The Hall–Kier alpha value is -1.24. The standard InChI is InChI=1S/C14H21NO4S/c1-3-5-14(17)12-6-8-13(9-7-12)20(18,19)15(4-2)10-11-16/h6-9,16H,3-5,10-11H2,1-2H3. The van der Waals surface area contributed by atoms with Crippen LogP contribution in [0.3, 0.4) is 0 Å². The van der Waals surface area contributed by atoms with Crippen molar-refractivity contribution in [2.75, 3.05) is 19.7 Å². The number of carbonyl (C=O) groups excluding carboxylic acids is 1. The van der Waals surface area contributed by atoms with Gasteiger partial charge in [0.15, 0.2) is 5.78 Å². The van der Waals surface area contributed by atoms with E-state index < -0.39 is 10.0 Å². The summed E-state index contributed by atoms with van der Waals surface area (Å²) in [7, 11) is -3.61. The summed E-state index contributed by atoms with van der Waals surface area (Å²) in [6.45, 7) is 3.77. The fourth-order valence-electron chi connectivity index (χ4n) is 1.89. The molecule has 0 aliphatic carbocycles. The van der Waals surface area contributed by atoms with Gasteiger partial charge in [0, 0.05) is 25.1 Å². The molecule has 0 bridgehead atoms. The Kier molecular flexibility index (Phi) is 6.32. The summed E-state index contributed by atoms with van der Waals surface area (Å²) in [5, 5.41) is 8.90. The van der Waals surface area contributed by atoms with E-state index in [9.17, 15) is 13.2 Å². The van der Waals surface area contributed by atoms with Gasteiger partial charge in [0.2, 0.25) is 10.0 Å². The minimum atomic E-state index is -3.61. The van der Waals surface area contributed by atoms with Gasteiger partial charge in [-0.2, -0.15) is 4.31 Å². The third-order valence-electron chi connectivity index (χ3n) is 2.99. The molecule has 0 unspecified atom stereocenters. The lowest BCUT2D eigenvalue weighted by Gasteiger charge is -2.19. The maximum absolute atomic E-state index is 12.3. The number of hydrogen-bond donors (Lipinski definition) is 1. The topological polar surface area (TPSA) is 74.7 Å². The first-order valence-corrected chi connectivity index (χ1v) is 8.15. The SMILES string of the molecule is CCCC(=O)c1ccc(S(=O)(=O)N(CC)CCO)cc1. The normalized spacial score (nSPS) is 11.8. The van der Waals surface area contributed by atoms with E-state index in [1.807, 2.05) is 6.92 Å². The van der Waals surface area contributed by atoms with Crippen molar-refractivity contribution in [3.63, 3.8) is 0 Å². The van der Waals surface area contributed by atoms with Crippen molar-refractivity contribution in [1.29, 1.82) is 0 Å². The van der Waals surface area contributed by atoms with Crippen molar-refractivity contribution in [3.8, 4) is 0 Å². The number of benzene rings is 1. The van der Waals surface area contributed by atoms with Gasteiger partial charge in [-0.15, -0.1) is 0 Å². The van der Waals surface area contributed by atoms with Gasteiger partial charge in [0.1, 0.15) is 0 Å². The van der Waals surface area contributed by atoms with Crippen LogP contribution in [0.5, 0.6) is 0 Å². The van der Waals surface area contributed by atoms with Crippen LogP contribution in [0.1, 0.15) is 37.0 Å². The van der Waals surface area contributed by atoms with Gasteiger partial charge in [-0.3, -0.25) is 4.79 Å². The van der Waals surface area contributed by atoms with Crippen LogP contribution in [-0.2, 0) is 10.0 Å². The van der Waals surface area contributed by atoms with Crippen molar-refractivity contribution in [3.05, 3.63) is 29.8 Å². The number of rotatable bonds is 8. The van der Waals surface area contributed by atoms with E-state index in [2.05, 4.69) is 0 Å². The first-order chi connectivity index (χ1) is 9.47. The zero-order valence-electron chi connectivity index (χ0n) is 11.9. The van der Waals surface area contributed by atoms with Crippen LogP contribution in [0.4, 0.5) is 0 Å². The highest BCUT2D eigenvalue weighted by Gasteiger charge is 2.22. The number of likely N-dealkylation sites (N-methyl/N-ethyl adjacent to an activating group) is 1. The molecule has 0 amide bonds. The summed E-state index contributed by atoms with van der Waals surface area (Å²) < 4.78 is 25.8. The van der Waals surface area contributed by atoms with Crippen molar-refractivity contribution < 1.29 is 18.3 Å². The minimum Gasteiger partial charge on any atom is -0.395 e. The Balaban J connectivity index is 3.00. The molecule has 112 valence electrons. The molecule has 0 aliphatic heterocycles. The van der Waals surface area contributed by atoms with E-state index in [-0.39, 0.29) is 23.8 Å². The fourth-order valence-corrected chi connectivity index (χ4v) is 3.33. The van der Waals surface area contributed by atoms with Crippen LogP contribution in [0.15, 0.2) is 29.2 Å². The maximum Gasteiger partial charge on any atom is 0.243 e. The molecule has 20 heavy (non-hydrogen) atoms. The van der Waals surface area contributed by atoms with Gasteiger partial charge in [0.25, 0.3) is 0 Å². The van der Waals surface area contributed by atoms with Crippen LogP contribution >= 0.6 is 0 Å². The molecule has 0 atom stereocenters. The molecule has 0 fully saturated rings. The Bertz CT molecular complexity index is 537. The molecule has 0 aliphatic rings. The smallest absolute Gasteiger partial charge is 0.243 e. The molecule has 1 rings (SSSR count). The van der Waals surface area contributed by atoms with E-state index in [0.29, 0.717) is 18.5 Å². The van der Waals surface area contributed by atoms with Crippen molar-refractivity contribution in [2.45, 2.75) is 31.6 Å². The lowest BCUT2D eigenvalue weighted by Crippen LogP contribution is -2.33. The quantitative estimate of drug-likeness (QED) is 0.741. The number of aliphatic hydroxyl groups excluding tert-OH is 1. The number of hydrogen-bond acceptors (Lipinski definition) is 4. The number of aliphatic hydroxyl groups is 1. The summed E-state index contributed by atoms with van der Waals surface area (Å²) >= 11 is 0. The van der Waals surface area contributed by atoms with E-state index in [1.54, 1.807) is 6.92 Å². The Morgan fingerprint density at radius 2 is 1.80 bits per heavy atom. The van der Waals surface area contributed by atoms with E-state index in [0.717, 1.165) is 6.42 Å². The van der Waals surface area contributed by atoms with E-state index in [4.69, 9.17) is 5.11 Å². The van der Waals surface area contributed by atoms with Crippen molar-refractivity contribution in [1.82, 2.24) is 4.31 Å². The molecule has 0 saturated heterocycles. The molecule has 0 spiro atoms. The predicted octanol–water partition coefficient (Wildman–Crippen LogP) is 1.67. The number of nitrogens with zero attached hydrogens (tertiary/aromatic N) is 1. The molecule has 6 heteroatoms. The molecule has 0 saturated carbocycles. The van der Waals surface area contributed by atoms with Gasteiger partial charge in [-0.25, -0.2) is 8.42 Å². The Morgan fingerprint density at radius 1 is 1.20 bits per heavy atom. The highest BCUT2D eigenvalue weighted by Crippen LogP contribution is 2.17. The molecule has 0 heterocycles. The number of sulfonamides is 1. The molecular weight excluding hydrogens is 278 g/mol. The number of ketones is 1. The molecule has 1 aromatic carbocycles. The zero-order valence-corrected chi connectivity index (χ0v) is 12.7. The Morgan fingerprint density at radius 3 is 2.25 bits per heavy atom. The lowest BCUT2D eigenvalue weighted by molar-refractivity contribution is 0.0981. The maximum atomic E-state index is 12.3. The first kappa shape index (κ1) is 16.8. The molecule has 1 N–H and O–H groups in total. The summed E-state index contributed by atoms with van der Waals surface area (Å²) in [4.78, 5) is 11.8. The summed E-state index contributed by atoms with van der Waals surface area (Å²) in [6, 6.07) is 5.96. The second kappa shape index (κ2) is 7.52. The first-order valence-electron chi connectivity index (χ1n) is 6.71. The molecule has 1 aromatic rings. The molecular formula is C14H21NO4S. The zero-order chi connectivity index (χ0) is 15.2. The third kappa shape index (κ3) is 3.88. The average molecular weight is 299 g/mol. The largest absolute Gasteiger partial charge is 0.395 e. The monoisotopic (exact) mass is 299 g/mol.